The van der Waals surface area contributed by atoms with Gasteiger partial charge in [0.2, 0.25) is 5.91 Å². The van der Waals surface area contributed by atoms with Crippen molar-refractivity contribution in [3.8, 4) is 22.8 Å². The molecule has 0 unspecified atom stereocenters. The maximum absolute atomic E-state index is 13.2. The first-order chi connectivity index (χ1) is 16.6. The van der Waals surface area contributed by atoms with E-state index in [1.165, 1.54) is 12.1 Å². The van der Waals surface area contributed by atoms with Crippen LogP contribution in [-0.4, -0.2) is 38.4 Å². The summed E-state index contributed by atoms with van der Waals surface area (Å²) < 4.78 is 29.3. The van der Waals surface area contributed by atoms with Crippen LogP contribution in [0.3, 0.4) is 0 Å². The molecular formula is C26H30FN3O4. The predicted octanol–water partition coefficient (Wildman–Crippen LogP) is 3.97. The second kappa shape index (κ2) is 11.2. The molecule has 1 saturated heterocycles. The van der Waals surface area contributed by atoms with Gasteiger partial charge in [0.05, 0.1) is 19.9 Å². The Morgan fingerprint density at radius 3 is 2.68 bits per heavy atom. The molecule has 7 nitrogen and oxygen atoms in total. The summed E-state index contributed by atoms with van der Waals surface area (Å²) in [6, 6.07) is 13.7. The van der Waals surface area contributed by atoms with Crippen LogP contribution in [0.25, 0.3) is 11.3 Å². The molecule has 1 aliphatic rings. The van der Waals surface area contributed by atoms with Gasteiger partial charge in [-0.3, -0.25) is 4.79 Å². The Morgan fingerprint density at radius 1 is 1.12 bits per heavy atom. The molecule has 34 heavy (non-hydrogen) atoms. The average molecular weight is 468 g/mol. The zero-order chi connectivity index (χ0) is 23.9. The van der Waals surface area contributed by atoms with Crippen molar-refractivity contribution >= 4 is 5.91 Å². The third kappa shape index (κ3) is 5.94. The number of carbonyl (C=O) groups excluding carboxylic acids is 1. The standard InChI is InChI=1S/C26H30FN3O4/c1-32-23-8-3-17(11-25(23)33-2)15-29-26(31)13-19-9-10-28-16-20(19)12-22-14-24(34-30-22)18-4-6-21(27)7-5-18/h3-8,11,14,19-20,28H,9-10,12-13,15-16H2,1-2H3,(H,29,31)/t19-,20-/m0/s1. The van der Waals surface area contributed by atoms with E-state index >= 15 is 0 Å². The van der Waals surface area contributed by atoms with Crippen LogP contribution in [0.5, 0.6) is 11.5 Å². The lowest BCUT2D eigenvalue weighted by Crippen LogP contribution is -2.40. The first kappa shape index (κ1) is 23.8. The van der Waals surface area contributed by atoms with Gasteiger partial charge in [-0.05, 0) is 79.7 Å². The van der Waals surface area contributed by atoms with Crippen molar-refractivity contribution in [2.24, 2.45) is 11.8 Å². The van der Waals surface area contributed by atoms with Crippen molar-refractivity contribution in [2.75, 3.05) is 27.3 Å². The monoisotopic (exact) mass is 467 g/mol. The zero-order valence-electron chi connectivity index (χ0n) is 19.5. The molecule has 180 valence electrons. The lowest BCUT2D eigenvalue weighted by molar-refractivity contribution is -0.122. The van der Waals surface area contributed by atoms with Crippen molar-refractivity contribution < 1.29 is 23.2 Å². The van der Waals surface area contributed by atoms with Crippen LogP contribution < -0.4 is 20.1 Å². The minimum atomic E-state index is -0.288. The molecule has 3 aromatic rings. The summed E-state index contributed by atoms with van der Waals surface area (Å²) in [5.74, 6) is 2.17. The average Bonchev–Trinajstić information content (AvgIpc) is 3.32. The Hall–Kier alpha value is -3.39. The van der Waals surface area contributed by atoms with Gasteiger partial charge < -0.3 is 24.6 Å². The molecule has 1 fully saturated rings. The quantitative estimate of drug-likeness (QED) is 0.495. The van der Waals surface area contributed by atoms with E-state index in [2.05, 4.69) is 15.8 Å². The first-order valence-corrected chi connectivity index (χ1v) is 11.5. The fourth-order valence-corrected chi connectivity index (χ4v) is 4.41. The second-order valence-corrected chi connectivity index (χ2v) is 8.58. The number of methoxy groups -OCH3 is 2. The predicted molar refractivity (Wildman–Crippen MR) is 126 cm³/mol. The Kier molecular flexibility index (Phi) is 7.80. The zero-order valence-corrected chi connectivity index (χ0v) is 19.5. The summed E-state index contributed by atoms with van der Waals surface area (Å²) in [5.41, 5.74) is 2.57. The van der Waals surface area contributed by atoms with Crippen LogP contribution in [0.2, 0.25) is 0 Å². The van der Waals surface area contributed by atoms with Crippen LogP contribution in [0, 0.1) is 17.7 Å². The van der Waals surface area contributed by atoms with Gasteiger partial charge >= 0.3 is 0 Å². The van der Waals surface area contributed by atoms with Gasteiger partial charge in [0, 0.05) is 24.6 Å². The molecule has 0 saturated carbocycles. The molecule has 1 amide bonds. The highest BCUT2D eigenvalue weighted by atomic mass is 19.1. The molecule has 2 atom stereocenters. The van der Waals surface area contributed by atoms with E-state index < -0.39 is 0 Å². The largest absolute Gasteiger partial charge is 0.493 e. The maximum Gasteiger partial charge on any atom is 0.220 e. The Balaban J connectivity index is 1.33. The number of amides is 1. The van der Waals surface area contributed by atoms with Gasteiger partial charge in [-0.1, -0.05) is 11.2 Å². The number of carbonyl (C=O) groups is 1. The Labute approximate surface area is 198 Å². The van der Waals surface area contributed by atoms with Crippen molar-refractivity contribution in [3.63, 3.8) is 0 Å². The summed E-state index contributed by atoms with van der Waals surface area (Å²) in [6.45, 7) is 2.15. The lowest BCUT2D eigenvalue weighted by atomic mass is 9.81. The van der Waals surface area contributed by atoms with Gasteiger partial charge in [-0.2, -0.15) is 0 Å². The van der Waals surface area contributed by atoms with E-state index in [9.17, 15) is 9.18 Å². The highest BCUT2D eigenvalue weighted by Gasteiger charge is 2.28. The fraction of sp³-hybridized carbons (Fsp3) is 0.385. The number of halogens is 1. The highest BCUT2D eigenvalue weighted by molar-refractivity contribution is 5.76. The topological polar surface area (TPSA) is 85.6 Å². The molecule has 0 aliphatic carbocycles. The molecule has 0 bridgehead atoms. The number of hydrogen-bond donors (Lipinski definition) is 2. The SMILES string of the molecule is COc1ccc(CNC(=O)C[C@@H]2CCNC[C@@H]2Cc2cc(-c3ccc(F)cc3)on2)cc1OC. The van der Waals surface area contributed by atoms with Gasteiger partial charge in [0.1, 0.15) is 5.82 Å². The number of nitrogens with one attached hydrogen (secondary N) is 2. The molecule has 0 spiro atoms. The van der Waals surface area contributed by atoms with E-state index in [-0.39, 0.29) is 23.6 Å². The molecule has 8 heteroatoms. The highest BCUT2D eigenvalue weighted by Crippen LogP contribution is 2.29. The Morgan fingerprint density at radius 2 is 1.91 bits per heavy atom. The lowest BCUT2D eigenvalue weighted by Gasteiger charge is -2.31. The number of nitrogens with zero attached hydrogens (tertiary/aromatic N) is 1. The summed E-state index contributed by atoms with van der Waals surface area (Å²) in [4.78, 5) is 12.7. The summed E-state index contributed by atoms with van der Waals surface area (Å²) in [5, 5.41) is 10.7. The van der Waals surface area contributed by atoms with Crippen LogP contribution in [-0.2, 0) is 17.8 Å². The number of hydrogen-bond acceptors (Lipinski definition) is 6. The Bertz CT molecular complexity index is 1100. The molecule has 2 N–H and O–H groups in total. The third-order valence-electron chi connectivity index (χ3n) is 6.31. The first-order valence-electron chi connectivity index (χ1n) is 11.5. The second-order valence-electron chi connectivity index (χ2n) is 8.58. The number of aromatic nitrogens is 1. The van der Waals surface area contributed by atoms with E-state index in [1.807, 2.05) is 24.3 Å². The minimum absolute atomic E-state index is 0.0267. The number of benzene rings is 2. The summed E-state index contributed by atoms with van der Waals surface area (Å²) in [6.07, 6.45) is 2.10. The van der Waals surface area contributed by atoms with Gasteiger partial charge in [-0.15, -0.1) is 0 Å². The summed E-state index contributed by atoms with van der Waals surface area (Å²) in [7, 11) is 3.19. The molecule has 4 rings (SSSR count). The van der Waals surface area contributed by atoms with E-state index in [0.717, 1.165) is 36.3 Å². The molecule has 2 heterocycles. The van der Waals surface area contributed by atoms with E-state index in [1.54, 1.807) is 26.4 Å². The molecule has 1 aliphatic heterocycles. The smallest absolute Gasteiger partial charge is 0.220 e. The summed E-state index contributed by atoms with van der Waals surface area (Å²) >= 11 is 0. The number of piperidine rings is 1. The third-order valence-corrected chi connectivity index (χ3v) is 6.31. The fourth-order valence-electron chi connectivity index (χ4n) is 4.41. The van der Waals surface area contributed by atoms with Crippen molar-refractivity contribution in [1.82, 2.24) is 15.8 Å². The maximum atomic E-state index is 13.2. The van der Waals surface area contributed by atoms with Crippen molar-refractivity contribution in [1.29, 1.82) is 0 Å². The molecular weight excluding hydrogens is 437 g/mol. The van der Waals surface area contributed by atoms with E-state index in [4.69, 9.17) is 14.0 Å². The molecule has 2 aromatic carbocycles. The van der Waals surface area contributed by atoms with Crippen molar-refractivity contribution in [3.05, 3.63) is 65.6 Å². The van der Waals surface area contributed by atoms with Gasteiger partial charge in [-0.25, -0.2) is 4.39 Å². The number of rotatable bonds is 9. The molecule has 0 radical (unpaired) electrons. The van der Waals surface area contributed by atoms with Crippen LogP contribution in [0.1, 0.15) is 24.1 Å². The van der Waals surface area contributed by atoms with Gasteiger partial charge in [0.15, 0.2) is 17.3 Å². The molecule has 1 aromatic heterocycles. The van der Waals surface area contributed by atoms with Crippen LogP contribution >= 0.6 is 0 Å². The van der Waals surface area contributed by atoms with Crippen molar-refractivity contribution in [2.45, 2.75) is 25.8 Å². The minimum Gasteiger partial charge on any atom is -0.493 e. The number of ether oxygens (including phenoxy) is 2. The van der Waals surface area contributed by atoms with Crippen LogP contribution in [0.4, 0.5) is 4.39 Å². The van der Waals surface area contributed by atoms with Crippen LogP contribution in [0.15, 0.2) is 53.1 Å². The van der Waals surface area contributed by atoms with Gasteiger partial charge in [0.25, 0.3) is 0 Å². The normalized spacial score (nSPS) is 17.9. The van der Waals surface area contributed by atoms with E-state index in [0.29, 0.717) is 36.6 Å².